The SMILES string of the molecule is CCC1(CC)CSSC1.[N-]=[N+]=Nc1ccccc1. The van der Waals surface area contributed by atoms with Gasteiger partial charge in [0.05, 0.1) is 0 Å². The molecule has 0 aromatic heterocycles. The molecule has 0 amide bonds. The summed E-state index contributed by atoms with van der Waals surface area (Å²) in [7, 11) is 4.09. The van der Waals surface area contributed by atoms with Crippen LogP contribution in [0.5, 0.6) is 0 Å². The molecule has 0 saturated carbocycles. The quantitative estimate of drug-likeness (QED) is 0.303. The van der Waals surface area contributed by atoms with Crippen LogP contribution in [-0.4, -0.2) is 11.5 Å². The van der Waals surface area contributed by atoms with Crippen LogP contribution in [0.2, 0.25) is 0 Å². The van der Waals surface area contributed by atoms with Crippen molar-refractivity contribution in [1.82, 2.24) is 0 Å². The zero-order valence-corrected chi connectivity index (χ0v) is 12.5. The van der Waals surface area contributed by atoms with E-state index in [-0.39, 0.29) is 0 Å². The Morgan fingerprint density at radius 2 is 1.72 bits per heavy atom. The Labute approximate surface area is 117 Å². The minimum atomic E-state index is 0.653. The molecule has 1 saturated heterocycles. The van der Waals surface area contributed by atoms with Gasteiger partial charge in [0.2, 0.25) is 0 Å². The normalized spacial score (nSPS) is 16.3. The molecule has 1 aliphatic heterocycles. The van der Waals surface area contributed by atoms with Crippen molar-refractivity contribution in [3.8, 4) is 0 Å². The maximum absolute atomic E-state index is 7.98. The van der Waals surface area contributed by atoms with Crippen LogP contribution in [0, 0.1) is 5.41 Å². The highest BCUT2D eigenvalue weighted by Gasteiger charge is 2.30. The highest BCUT2D eigenvalue weighted by Crippen LogP contribution is 2.46. The van der Waals surface area contributed by atoms with E-state index < -0.39 is 0 Å². The van der Waals surface area contributed by atoms with Crippen molar-refractivity contribution in [3.05, 3.63) is 40.8 Å². The summed E-state index contributed by atoms with van der Waals surface area (Å²) in [6, 6.07) is 9.02. The van der Waals surface area contributed by atoms with E-state index >= 15 is 0 Å². The first kappa shape index (κ1) is 15.3. The minimum Gasteiger partial charge on any atom is -0.0935 e. The molecular weight excluding hydrogens is 262 g/mol. The highest BCUT2D eigenvalue weighted by atomic mass is 33.1. The predicted octanol–water partition coefficient (Wildman–Crippen LogP) is 5.82. The van der Waals surface area contributed by atoms with Gasteiger partial charge in [-0.2, -0.15) is 0 Å². The maximum Gasteiger partial charge on any atom is 0.0375 e. The van der Waals surface area contributed by atoms with Gasteiger partial charge < -0.3 is 0 Å². The summed E-state index contributed by atoms with van der Waals surface area (Å²) in [6.07, 6.45) is 2.73. The van der Waals surface area contributed by atoms with Gasteiger partial charge >= 0.3 is 0 Å². The first-order valence-electron chi connectivity index (χ1n) is 6.11. The van der Waals surface area contributed by atoms with Gasteiger partial charge in [-0.15, -0.1) is 0 Å². The molecule has 0 N–H and O–H groups in total. The Bertz CT molecular complexity index is 376. The van der Waals surface area contributed by atoms with Gasteiger partial charge in [0.25, 0.3) is 0 Å². The Morgan fingerprint density at radius 3 is 2.11 bits per heavy atom. The first-order chi connectivity index (χ1) is 8.76. The van der Waals surface area contributed by atoms with Crippen molar-refractivity contribution in [2.24, 2.45) is 10.5 Å². The standard InChI is InChI=1S/C7H14S2.C6H5N3/c1-3-7(4-2)5-8-9-6-7;7-9-8-6-4-2-1-3-5-6/h3-6H2,1-2H3;1-5H. The summed E-state index contributed by atoms with van der Waals surface area (Å²) in [6.45, 7) is 4.63. The molecular formula is C13H19N3S2. The molecule has 0 bridgehead atoms. The Kier molecular flexibility index (Phi) is 7.09. The van der Waals surface area contributed by atoms with E-state index in [4.69, 9.17) is 5.53 Å². The Morgan fingerprint density at radius 1 is 1.17 bits per heavy atom. The van der Waals surface area contributed by atoms with Crippen molar-refractivity contribution in [2.75, 3.05) is 11.5 Å². The summed E-state index contributed by atoms with van der Waals surface area (Å²) >= 11 is 0. The average molecular weight is 281 g/mol. The summed E-state index contributed by atoms with van der Waals surface area (Å²) < 4.78 is 0. The lowest BCUT2D eigenvalue weighted by Crippen LogP contribution is -2.20. The van der Waals surface area contributed by atoms with Gasteiger partial charge in [-0.25, -0.2) is 0 Å². The third kappa shape index (κ3) is 4.84. The molecule has 5 heteroatoms. The van der Waals surface area contributed by atoms with Crippen molar-refractivity contribution >= 4 is 27.3 Å². The number of rotatable bonds is 3. The number of nitrogens with zero attached hydrogens (tertiary/aromatic N) is 3. The number of azide groups is 1. The smallest absolute Gasteiger partial charge is 0.0375 e. The first-order valence-corrected chi connectivity index (χ1v) is 8.59. The van der Waals surface area contributed by atoms with Crippen LogP contribution in [0.4, 0.5) is 5.69 Å². The number of benzene rings is 1. The molecule has 0 unspecified atom stereocenters. The second kappa shape index (κ2) is 8.35. The van der Waals surface area contributed by atoms with E-state index in [1.165, 1.54) is 24.3 Å². The molecule has 1 heterocycles. The summed E-state index contributed by atoms with van der Waals surface area (Å²) in [5, 5.41) is 3.39. The van der Waals surface area contributed by atoms with Crippen LogP contribution in [0.25, 0.3) is 10.4 Å². The molecule has 1 aromatic carbocycles. The van der Waals surface area contributed by atoms with Gasteiger partial charge in [-0.3, -0.25) is 0 Å². The predicted molar refractivity (Wildman–Crippen MR) is 83.2 cm³/mol. The van der Waals surface area contributed by atoms with E-state index in [9.17, 15) is 0 Å². The largest absolute Gasteiger partial charge is 0.0935 e. The molecule has 1 aliphatic rings. The van der Waals surface area contributed by atoms with E-state index in [0.29, 0.717) is 11.1 Å². The lowest BCUT2D eigenvalue weighted by Gasteiger charge is -2.22. The molecule has 2 rings (SSSR count). The van der Waals surface area contributed by atoms with E-state index in [0.717, 1.165) is 0 Å². The van der Waals surface area contributed by atoms with Crippen LogP contribution in [0.15, 0.2) is 35.4 Å². The van der Waals surface area contributed by atoms with E-state index in [1.807, 2.05) is 39.8 Å². The molecule has 1 aromatic rings. The minimum absolute atomic E-state index is 0.653. The number of hydrogen-bond acceptors (Lipinski definition) is 3. The topological polar surface area (TPSA) is 48.8 Å². The fraction of sp³-hybridized carbons (Fsp3) is 0.538. The lowest BCUT2D eigenvalue weighted by molar-refractivity contribution is 0.361. The maximum atomic E-state index is 7.98. The molecule has 3 nitrogen and oxygen atoms in total. The van der Waals surface area contributed by atoms with E-state index in [2.05, 4.69) is 23.9 Å². The highest BCUT2D eigenvalue weighted by molar-refractivity contribution is 8.77. The van der Waals surface area contributed by atoms with Crippen molar-refractivity contribution in [3.63, 3.8) is 0 Å². The van der Waals surface area contributed by atoms with Crippen LogP contribution in [0.1, 0.15) is 26.7 Å². The molecule has 98 valence electrons. The van der Waals surface area contributed by atoms with Crippen molar-refractivity contribution < 1.29 is 0 Å². The fourth-order valence-electron chi connectivity index (χ4n) is 1.58. The molecule has 1 fully saturated rings. The summed E-state index contributed by atoms with van der Waals surface area (Å²) in [5.74, 6) is 2.76. The van der Waals surface area contributed by atoms with Crippen LogP contribution in [-0.2, 0) is 0 Å². The zero-order valence-electron chi connectivity index (χ0n) is 10.9. The van der Waals surface area contributed by atoms with Crippen LogP contribution in [0.3, 0.4) is 0 Å². The van der Waals surface area contributed by atoms with Crippen molar-refractivity contribution in [2.45, 2.75) is 26.7 Å². The molecule has 18 heavy (non-hydrogen) atoms. The van der Waals surface area contributed by atoms with E-state index in [1.54, 1.807) is 12.1 Å². The Hall–Kier alpha value is -0.770. The second-order valence-electron chi connectivity index (χ2n) is 4.26. The van der Waals surface area contributed by atoms with Gasteiger partial charge in [0.15, 0.2) is 0 Å². The van der Waals surface area contributed by atoms with Gasteiger partial charge in [-0.05, 0) is 23.8 Å². The van der Waals surface area contributed by atoms with Crippen molar-refractivity contribution in [1.29, 1.82) is 0 Å². The number of hydrogen-bond donors (Lipinski definition) is 0. The lowest BCUT2D eigenvalue weighted by atomic mass is 9.87. The fourth-order valence-corrected chi connectivity index (χ4v) is 5.40. The van der Waals surface area contributed by atoms with Gasteiger partial charge in [-0.1, -0.05) is 70.9 Å². The molecule has 0 spiro atoms. The average Bonchev–Trinajstić information content (AvgIpc) is 2.91. The Balaban J connectivity index is 0.000000180. The summed E-state index contributed by atoms with van der Waals surface area (Å²) in [4.78, 5) is 2.63. The monoisotopic (exact) mass is 281 g/mol. The van der Waals surface area contributed by atoms with Crippen LogP contribution >= 0.6 is 21.6 Å². The van der Waals surface area contributed by atoms with Gasteiger partial charge in [0, 0.05) is 22.1 Å². The van der Waals surface area contributed by atoms with Crippen LogP contribution < -0.4 is 0 Å². The molecule has 0 aliphatic carbocycles. The molecule has 0 radical (unpaired) electrons. The third-order valence-corrected chi connectivity index (χ3v) is 6.06. The summed E-state index contributed by atoms with van der Waals surface area (Å²) in [5.41, 5.74) is 9.33. The third-order valence-electron chi connectivity index (χ3n) is 3.23. The zero-order chi connectivity index (χ0) is 13.3. The van der Waals surface area contributed by atoms with Gasteiger partial charge in [0.1, 0.15) is 0 Å². The second-order valence-corrected chi connectivity index (χ2v) is 6.72. The molecule has 0 atom stereocenters.